The van der Waals surface area contributed by atoms with E-state index in [4.69, 9.17) is 0 Å². The minimum Gasteiger partial charge on any atom is -0.461 e. The number of ketones is 1. The van der Waals surface area contributed by atoms with Crippen molar-refractivity contribution in [1.82, 2.24) is 0 Å². The molecule has 3 nitrogen and oxygen atoms in total. The van der Waals surface area contributed by atoms with Crippen LogP contribution in [0.5, 0.6) is 0 Å². The van der Waals surface area contributed by atoms with Crippen LogP contribution in [-0.2, 0) is 15.7 Å². The van der Waals surface area contributed by atoms with Gasteiger partial charge < -0.3 is 4.74 Å². The molecule has 0 N–H and O–H groups in total. The van der Waals surface area contributed by atoms with Gasteiger partial charge in [0.25, 0.3) is 0 Å². The zero-order valence-corrected chi connectivity index (χ0v) is 10.4. The fraction of sp³-hybridized carbons (Fsp3) is 0.333. The number of hydrogen-bond donors (Lipinski definition) is 0. The van der Waals surface area contributed by atoms with Crippen molar-refractivity contribution in [1.29, 1.82) is 0 Å². The highest BCUT2D eigenvalue weighted by atomic mass is 19.4. The van der Waals surface area contributed by atoms with E-state index >= 15 is 0 Å². The molecule has 0 radical (unpaired) electrons. The highest BCUT2D eigenvalue weighted by Gasteiger charge is 2.51. The summed E-state index contributed by atoms with van der Waals surface area (Å²) in [6.45, 7) is 0.665. The van der Waals surface area contributed by atoms with E-state index in [9.17, 15) is 35.9 Å². The first-order chi connectivity index (χ1) is 9.51. The zero-order chi connectivity index (χ0) is 16.4. The molecule has 0 aromatic heterocycles. The van der Waals surface area contributed by atoms with Gasteiger partial charge in [-0.25, -0.2) is 9.18 Å². The molecule has 0 fully saturated rings. The molecule has 0 unspecified atom stereocenters. The first-order valence-corrected chi connectivity index (χ1v) is 5.48. The molecule has 1 aromatic rings. The second-order valence-electron chi connectivity index (χ2n) is 3.81. The first-order valence-electron chi connectivity index (χ1n) is 5.48. The van der Waals surface area contributed by atoms with Crippen LogP contribution >= 0.6 is 0 Å². The van der Waals surface area contributed by atoms with Crippen LogP contribution < -0.4 is 0 Å². The molecule has 0 saturated heterocycles. The summed E-state index contributed by atoms with van der Waals surface area (Å²) in [5.74, 6) is -10.9. The molecule has 116 valence electrons. The second kappa shape index (κ2) is 5.74. The average molecular weight is 314 g/mol. The number of ether oxygens (including phenoxy) is 1. The second-order valence-corrected chi connectivity index (χ2v) is 3.81. The molecule has 0 bridgehead atoms. The lowest BCUT2D eigenvalue weighted by atomic mass is 9.99. The van der Waals surface area contributed by atoms with Gasteiger partial charge in [0.05, 0.1) is 12.2 Å². The van der Waals surface area contributed by atoms with Gasteiger partial charge in [-0.2, -0.15) is 22.0 Å². The summed E-state index contributed by atoms with van der Waals surface area (Å²) < 4.78 is 81.7. The third-order valence-electron chi connectivity index (χ3n) is 2.35. The van der Waals surface area contributed by atoms with Crippen LogP contribution in [0.3, 0.4) is 0 Å². The summed E-state index contributed by atoms with van der Waals surface area (Å²) in [6.07, 6.45) is -5.16. The molecule has 0 heterocycles. The predicted octanol–water partition coefficient (Wildman–Crippen LogP) is 3.23. The Labute approximate surface area is 114 Å². The smallest absolute Gasteiger partial charge is 0.417 e. The van der Waals surface area contributed by atoms with Crippen molar-refractivity contribution in [2.45, 2.75) is 19.0 Å². The molecule has 1 aromatic carbocycles. The molecular formula is C12H8F6O3. The van der Waals surface area contributed by atoms with Gasteiger partial charge in [0.2, 0.25) is 5.78 Å². The maximum absolute atomic E-state index is 13.5. The Balaban J connectivity index is 3.36. The van der Waals surface area contributed by atoms with E-state index in [1.54, 1.807) is 0 Å². The largest absolute Gasteiger partial charge is 0.461 e. The average Bonchev–Trinajstić information content (AvgIpc) is 2.36. The molecule has 0 aliphatic rings. The molecule has 0 amide bonds. The summed E-state index contributed by atoms with van der Waals surface area (Å²) in [5.41, 5.74) is -3.40. The number of carbonyl (C=O) groups is 2. The van der Waals surface area contributed by atoms with Gasteiger partial charge in [-0.1, -0.05) is 0 Å². The van der Waals surface area contributed by atoms with Crippen molar-refractivity contribution >= 4 is 11.8 Å². The van der Waals surface area contributed by atoms with Gasteiger partial charge >= 0.3 is 18.1 Å². The van der Waals surface area contributed by atoms with Crippen molar-refractivity contribution in [3.05, 3.63) is 35.1 Å². The fourth-order valence-corrected chi connectivity index (χ4v) is 1.44. The van der Waals surface area contributed by atoms with Crippen LogP contribution in [0.1, 0.15) is 22.8 Å². The topological polar surface area (TPSA) is 43.4 Å². The zero-order valence-electron chi connectivity index (χ0n) is 10.4. The summed E-state index contributed by atoms with van der Waals surface area (Å²) in [5, 5.41) is 0. The molecule has 0 atom stereocenters. The van der Waals surface area contributed by atoms with E-state index in [0.29, 0.717) is 6.07 Å². The summed E-state index contributed by atoms with van der Waals surface area (Å²) in [4.78, 5) is 22.4. The number of benzene rings is 1. The minimum atomic E-state index is -5.16. The molecule has 1 rings (SSSR count). The Kier molecular flexibility index (Phi) is 4.65. The van der Waals surface area contributed by atoms with Gasteiger partial charge in [0, 0.05) is 5.56 Å². The molecule has 21 heavy (non-hydrogen) atoms. The lowest BCUT2D eigenvalue weighted by Crippen LogP contribution is -2.40. The molecule has 0 saturated carbocycles. The maximum Gasteiger partial charge on any atom is 0.417 e. The van der Waals surface area contributed by atoms with Crippen molar-refractivity contribution in [3.63, 3.8) is 0 Å². The van der Waals surface area contributed by atoms with Crippen LogP contribution in [0, 0.1) is 5.82 Å². The molecule has 0 aliphatic carbocycles. The third kappa shape index (κ3) is 3.53. The number of halogens is 6. The normalized spacial score (nSPS) is 12.1. The maximum atomic E-state index is 13.5. The molecule has 0 spiro atoms. The van der Waals surface area contributed by atoms with E-state index in [-0.39, 0.29) is 12.1 Å². The summed E-state index contributed by atoms with van der Waals surface area (Å²) >= 11 is 0. The third-order valence-corrected chi connectivity index (χ3v) is 2.35. The number of alkyl halides is 5. The summed E-state index contributed by atoms with van der Waals surface area (Å²) in [6, 6.07) is 0.504. The van der Waals surface area contributed by atoms with E-state index in [1.807, 2.05) is 0 Å². The number of hydrogen-bond acceptors (Lipinski definition) is 3. The van der Waals surface area contributed by atoms with Crippen molar-refractivity contribution in [2.24, 2.45) is 0 Å². The number of carbonyl (C=O) groups excluding carboxylic acids is 2. The Morgan fingerprint density at radius 1 is 1.14 bits per heavy atom. The van der Waals surface area contributed by atoms with E-state index in [0.717, 1.165) is 0 Å². The quantitative estimate of drug-likeness (QED) is 0.371. The lowest BCUT2D eigenvalue weighted by Gasteiger charge is -2.17. The van der Waals surface area contributed by atoms with Crippen LogP contribution in [0.15, 0.2) is 18.2 Å². The van der Waals surface area contributed by atoms with Gasteiger partial charge in [-0.15, -0.1) is 0 Å². The van der Waals surface area contributed by atoms with Crippen LogP contribution in [0.25, 0.3) is 0 Å². The van der Waals surface area contributed by atoms with Crippen molar-refractivity contribution in [2.75, 3.05) is 6.61 Å². The van der Waals surface area contributed by atoms with Gasteiger partial charge in [-0.05, 0) is 25.1 Å². The number of esters is 1. The highest BCUT2D eigenvalue weighted by Crippen LogP contribution is 2.35. The SMILES string of the molecule is CCOC(=O)C(F)(F)C(=O)c1cc(F)ccc1C(F)(F)F. The Morgan fingerprint density at radius 2 is 1.71 bits per heavy atom. The fourth-order valence-electron chi connectivity index (χ4n) is 1.44. The highest BCUT2D eigenvalue weighted by molar-refractivity contribution is 6.14. The first kappa shape index (κ1) is 17.0. The van der Waals surface area contributed by atoms with Crippen LogP contribution in [0.2, 0.25) is 0 Å². The molecular weight excluding hydrogens is 306 g/mol. The van der Waals surface area contributed by atoms with Crippen molar-refractivity contribution < 1.29 is 40.7 Å². The minimum absolute atomic E-state index is 0.00169. The molecule has 0 aliphatic heterocycles. The van der Waals surface area contributed by atoms with E-state index in [2.05, 4.69) is 4.74 Å². The predicted molar refractivity (Wildman–Crippen MR) is 57.3 cm³/mol. The lowest BCUT2D eigenvalue weighted by molar-refractivity contribution is -0.164. The molecule has 9 heteroatoms. The van der Waals surface area contributed by atoms with Gasteiger partial charge in [0.15, 0.2) is 0 Å². The Morgan fingerprint density at radius 3 is 2.19 bits per heavy atom. The standard InChI is InChI=1S/C12H8F6O3/c1-2-21-10(20)11(14,15)9(19)7-5-6(13)3-4-8(7)12(16,17)18/h3-5H,2H2,1H3. The number of rotatable bonds is 4. The number of Topliss-reactive ketones (excluding diaryl/α,β-unsaturated/α-hetero) is 1. The van der Waals surface area contributed by atoms with Gasteiger partial charge in [-0.3, -0.25) is 4.79 Å². The van der Waals surface area contributed by atoms with E-state index < -0.39 is 47.4 Å². The van der Waals surface area contributed by atoms with Crippen LogP contribution in [0.4, 0.5) is 26.3 Å². The Hall–Kier alpha value is -2.06. The van der Waals surface area contributed by atoms with Crippen molar-refractivity contribution in [3.8, 4) is 0 Å². The Bertz CT molecular complexity index is 565. The van der Waals surface area contributed by atoms with Crippen LogP contribution in [-0.4, -0.2) is 24.3 Å². The van der Waals surface area contributed by atoms with Gasteiger partial charge in [0.1, 0.15) is 5.82 Å². The van der Waals surface area contributed by atoms with E-state index in [1.165, 1.54) is 6.92 Å². The monoisotopic (exact) mass is 314 g/mol. The summed E-state index contributed by atoms with van der Waals surface area (Å²) in [7, 11) is 0.